The van der Waals surface area contributed by atoms with E-state index in [4.69, 9.17) is 0 Å². The number of hydrogen-bond donors (Lipinski definition) is 0. The summed E-state index contributed by atoms with van der Waals surface area (Å²) in [4.78, 5) is 2.50. The monoisotopic (exact) mass is 143 g/mol. The van der Waals surface area contributed by atoms with Gasteiger partial charge in [0.2, 0.25) is 0 Å². The molecular weight excluding hydrogens is 122 g/mol. The molecule has 0 bridgehead atoms. The van der Waals surface area contributed by atoms with Gasteiger partial charge < -0.3 is 4.90 Å². The van der Waals surface area contributed by atoms with Crippen LogP contribution in [0.25, 0.3) is 0 Å². The molecule has 1 heterocycles. The smallest absolute Gasteiger partial charge is 0.000440 e. The molecule has 1 fully saturated rings. The van der Waals surface area contributed by atoms with Crippen molar-refractivity contribution in [3.8, 4) is 0 Å². The molecule has 0 radical (unpaired) electrons. The van der Waals surface area contributed by atoms with Crippen LogP contribution in [0.4, 0.5) is 0 Å². The third-order valence-electron chi connectivity index (χ3n) is 1.57. The Morgan fingerprint density at radius 1 is 1.20 bits per heavy atom. The third-order valence-corrected chi connectivity index (χ3v) is 1.57. The van der Waals surface area contributed by atoms with Gasteiger partial charge in [0, 0.05) is 6.54 Å². The van der Waals surface area contributed by atoms with Crippen LogP contribution >= 0.6 is 0 Å². The molecule has 0 amide bonds. The molecule has 1 aliphatic rings. The van der Waals surface area contributed by atoms with Crippen LogP contribution in [-0.4, -0.2) is 24.5 Å². The summed E-state index contributed by atoms with van der Waals surface area (Å²) in [5.41, 5.74) is 0. The highest BCUT2D eigenvalue weighted by Crippen LogP contribution is 2.07. The van der Waals surface area contributed by atoms with Crippen LogP contribution < -0.4 is 0 Å². The minimum atomic E-state index is 0.857. The van der Waals surface area contributed by atoms with Crippen molar-refractivity contribution in [2.45, 2.75) is 34.1 Å². The van der Waals surface area contributed by atoms with Crippen molar-refractivity contribution in [1.82, 2.24) is 4.90 Å². The predicted molar refractivity (Wildman–Crippen MR) is 47.2 cm³/mol. The quantitative estimate of drug-likeness (QED) is 0.573. The molecule has 0 aromatic heterocycles. The van der Waals surface area contributed by atoms with Gasteiger partial charge in [-0.1, -0.05) is 27.7 Å². The summed E-state index contributed by atoms with van der Waals surface area (Å²) >= 11 is 0. The van der Waals surface area contributed by atoms with Crippen LogP contribution in [0.5, 0.6) is 0 Å². The average Bonchev–Trinajstić information content (AvgIpc) is 1.84. The van der Waals surface area contributed by atoms with Crippen LogP contribution in [0, 0.1) is 5.92 Å². The van der Waals surface area contributed by atoms with Gasteiger partial charge in [-0.15, -0.1) is 0 Å². The first-order chi connectivity index (χ1) is 4.79. The van der Waals surface area contributed by atoms with Gasteiger partial charge >= 0.3 is 0 Å². The Morgan fingerprint density at radius 2 is 1.70 bits per heavy atom. The second kappa shape index (κ2) is 5.72. The van der Waals surface area contributed by atoms with E-state index in [1.165, 1.54) is 26.1 Å². The predicted octanol–water partition coefficient (Wildman–Crippen LogP) is 2.37. The summed E-state index contributed by atoms with van der Waals surface area (Å²) in [5, 5.41) is 0. The van der Waals surface area contributed by atoms with Gasteiger partial charge in [0.15, 0.2) is 0 Å². The molecule has 0 spiro atoms. The van der Waals surface area contributed by atoms with Crippen molar-refractivity contribution < 1.29 is 0 Å². The summed E-state index contributed by atoms with van der Waals surface area (Å²) in [6, 6.07) is 0. The highest BCUT2D eigenvalue weighted by atomic mass is 15.2. The molecule has 1 nitrogen and oxygen atoms in total. The van der Waals surface area contributed by atoms with Crippen molar-refractivity contribution >= 4 is 0 Å². The number of rotatable bonds is 2. The first-order valence-corrected chi connectivity index (χ1v) is 4.51. The van der Waals surface area contributed by atoms with Gasteiger partial charge in [0.25, 0.3) is 0 Å². The van der Waals surface area contributed by atoms with E-state index in [9.17, 15) is 0 Å². The molecule has 0 atom stereocenters. The summed E-state index contributed by atoms with van der Waals surface area (Å²) in [6.45, 7) is 12.5. The fourth-order valence-corrected chi connectivity index (χ4v) is 1.08. The summed E-state index contributed by atoms with van der Waals surface area (Å²) in [5.74, 6) is 0.857. The number of likely N-dealkylation sites (tertiary alicyclic amines) is 1. The first-order valence-electron chi connectivity index (χ1n) is 4.51. The Kier molecular flexibility index (Phi) is 5.70. The first kappa shape index (κ1) is 9.96. The Bertz CT molecular complexity index is 65.1. The summed E-state index contributed by atoms with van der Waals surface area (Å²) in [6.07, 6.45) is 1.42. The number of hydrogen-bond acceptors (Lipinski definition) is 1. The Balaban J connectivity index is 0.000000371. The van der Waals surface area contributed by atoms with Crippen molar-refractivity contribution in [1.29, 1.82) is 0 Å². The van der Waals surface area contributed by atoms with Crippen LogP contribution in [0.2, 0.25) is 0 Å². The standard InChI is InChI=1S/C7H15N.C2H6/c1-7(2)6-8-4-3-5-8;1-2/h7H,3-6H2,1-2H3;1-2H3. The maximum Gasteiger partial charge on any atom is 0.000440 e. The van der Waals surface area contributed by atoms with Gasteiger partial charge in [-0.25, -0.2) is 0 Å². The topological polar surface area (TPSA) is 3.24 Å². The van der Waals surface area contributed by atoms with Crippen molar-refractivity contribution in [3.05, 3.63) is 0 Å². The largest absolute Gasteiger partial charge is 0.303 e. The molecular formula is C9H21N. The average molecular weight is 143 g/mol. The lowest BCUT2D eigenvalue weighted by molar-refractivity contribution is 0.161. The second-order valence-electron chi connectivity index (χ2n) is 3.05. The van der Waals surface area contributed by atoms with E-state index in [1.807, 2.05) is 13.8 Å². The maximum absolute atomic E-state index is 2.50. The van der Waals surface area contributed by atoms with E-state index in [0.717, 1.165) is 5.92 Å². The van der Waals surface area contributed by atoms with E-state index in [0.29, 0.717) is 0 Å². The molecule has 1 saturated heterocycles. The van der Waals surface area contributed by atoms with Gasteiger partial charge in [0.05, 0.1) is 0 Å². The molecule has 0 N–H and O–H groups in total. The molecule has 1 rings (SSSR count). The van der Waals surface area contributed by atoms with Crippen molar-refractivity contribution in [2.24, 2.45) is 5.92 Å². The number of nitrogens with zero attached hydrogens (tertiary/aromatic N) is 1. The molecule has 62 valence electrons. The van der Waals surface area contributed by atoms with Crippen LogP contribution in [-0.2, 0) is 0 Å². The molecule has 0 unspecified atom stereocenters. The fraction of sp³-hybridized carbons (Fsp3) is 1.00. The maximum atomic E-state index is 2.50. The molecule has 1 aliphatic heterocycles. The lowest BCUT2D eigenvalue weighted by atomic mass is 10.1. The Morgan fingerprint density at radius 3 is 1.80 bits per heavy atom. The lowest BCUT2D eigenvalue weighted by Crippen LogP contribution is -2.39. The normalized spacial score (nSPS) is 17.7. The second-order valence-corrected chi connectivity index (χ2v) is 3.05. The van der Waals surface area contributed by atoms with Gasteiger partial charge in [-0.05, 0) is 25.4 Å². The van der Waals surface area contributed by atoms with E-state index >= 15 is 0 Å². The summed E-state index contributed by atoms with van der Waals surface area (Å²) < 4.78 is 0. The molecule has 1 heteroatoms. The molecule has 0 aromatic carbocycles. The highest BCUT2D eigenvalue weighted by molar-refractivity contribution is 4.68. The third kappa shape index (κ3) is 3.89. The SMILES string of the molecule is CC.CC(C)CN1CCC1. The zero-order valence-corrected chi connectivity index (χ0v) is 7.85. The van der Waals surface area contributed by atoms with Crippen molar-refractivity contribution in [3.63, 3.8) is 0 Å². The molecule has 0 aliphatic carbocycles. The van der Waals surface area contributed by atoms with E-state index in [1.54, 1.807) is 0 Å². The highest BCUT2D eigenvalue weighted by Gasteiger charge is 2.13. The lowest BCUT2D eigenvalue weighted by Gasteiger charge is -2.31. The zero-order chi connectivity index (χ0) is 7.98. The van der Waals surface area contributed by atoms with E-state index in [-0.39, 0.29) is 0 Å². The Hall–Kier alpha value is -0.0400. The minimum Gasteiger partial charge on any atom is -0.303 e. The molecule has 0 aromatic rings. The Labute approximate surface area is 65.4 Å². The minimum absolute atomic E-state index is 0.857. The molecule has 0 saturated carbocycles. The fourth-order valence-electron chi connectivity index (χ4n) is 1.08. The van der Waals surface area contributed by atoms with E-state index < -0.39 is 0 Å². The summed E-state index contributed by atoms with van der Waals surface area (Å²) in [7, 11) is 0. The van der Waals surface area contributed by atoms with Crippen LogP contribution in [0.15, 0.2) is 0 Å². The zero-order valence-electron chi connectivity index (χ0n) is 7.85. The van der Waals surface area contributed by atoms with Crippen LogP contribution in [0.3, 0.4) is 0 Å². The van der Waals surface area contributed by atoms with Crippen LogP contribution in [0.1, 0.15) is 34.1 Å². The van der Waals surface area contributed by atoms with Gasteiger partial charge in [0.1, 0.15) is 0 Å². The van der Waals surface area contributed by atoms with Gasteiger partial charge in [-0.3, -0.25) is 0 Å². The van der Waals surface area contributed by atoms with E-state index in [2.05, 4.69) is 18.7 Å². The van der Waals surface area contributed by atoms with Gasteiger partial charge in [-0.2, -0.15) is 0 Å². The molecule has 10 heavy (non-hydrogen) atoms. The van der Waals surface area contributed by atoms with Crippen molar-refractivity contribution in [2.75, 3.05) is 19.6 Å².